The molecule has 2 aromatic carbocycles. The number of phenolic OH excluding ortho intramolecular Hbond substituents is 1. The van der Waals surface area contributed by atoms with Crippen molar-refractivity contribution in [2.45, 2.75) is 123 Å². The predicted octanol–water partition coefficient (Wildman–Crippen LogP) is 6.26. The van der Waals surface area contributed by atoms with Gasteiger partial charge in [0.2, 0.25) is 11.8 Å². The molecule has 1 saturated carbocycles. The van der Waals surface area contributed by atoms with Crippen molar-refractivity contribution in [3.8, 4) is 5.75 Å². The number of phenols is 1. The zero-order valence-corrected chi connectivity index (χ0v) is 26.5. The standard InChI is InChI=1S/C34H49N3O5/c1-22-14-19-27(23(2)20-22)29(30(39)35-25-12-10-9-11-13-25)37(33(3,4)5)31(40)28(36-32(41)42-34(6,7)8)21-24-15-17-26(38)18-16-24/h14-20,25,28-29,38H,9-13,21H2,1-8H3,(H,35,39)(H,36,41). The van der Waals surface area contributed by atoms with Crippen molar-refractivity contribution in [2.24, 2.45) is 0 Å². The highest BCUT2D eigenvalue weighted by Gasteiger charge is 2.43. The van der Waals surface area contributed by atoms with Gasteiger partial charge in [-0.1, -0.05) is 55.2 Å². The highest BCUT2D eigenvalue weighted by Crippen LogP contribution is 2.33. The number of carbonyl (C=O) groups is 3. The highest BCUT2D eigenvalue weighted by molar-refractivity contribution is 5.93. The Labute approximate surface area is 251 Å². The van der Waals surface area contributed by atoms with E-state index >= 15 is 0 Å². The molecule has 0 saturated heterocycles. The number of hydrogen-bond donors (Lipinski definition) is 3. The summed E-state index contributed by atoms with van der Waals surface area (Å²) in [6, 6.07) is 10.5. The average molecular weight is 580 g/mol. The van der Waals surface area contributed by atoms with Crippen molar-refractivity contribution < 1.29 is 24.2 Å². The summed E-state index contributed by atoms with van der Waals surface area (Å²) >= 11 is 0. The summed E-state index contributed by atoms with van der Waals surface area (Å²) in [5.74, 6) is -0.518. The molecule has 1 aliphatic rings. The molecule has 0 bridgehead atoms. The smallest absolute Gasteiger partial charge is 0.408 e. The van der Waals surface area contributed by atoms with Gasteiger partial charge in [-0.3, -0.25) is 9.59 Å². The molecule has 3 rings (SSSR count). The van der Waals surface area contributed by atoms with Crippen molar-refractivity contribution in [1.29, 1.82) is 0 Å². The summed E-state index contributed by atoms with van der Waals surface area (Å²) in [5.41, 5.74) is 1.92. The minimum Gasteiger partial charge on any atom is -0.508 e. The van der Waals surface area contributed by atoms with Gasteiger partial charge in [0.05, 0.1) is 0 Å². The van der Waals surface area contributed by atoms with E-state index in [4.69, 9.17) is 4.74 Å². The number of nitrogens with zero attached hydrogens (tertiary/aromatic N) is 1. The Hall–Kier alpha value is -3.55. The topological polar surface area (TPSA) is 108 Å². The van der Waals surface area contributed by atoms with Crippen molar-refractivity contribution in [3.05, 3.63) is 64.7 Å². The van der Waals surface area contributed by atoms with Gasteiger partial charge in [-0.05, 0) is 97.1 Å². The summed E-state index contributed by atoms with van der Waals surface area (Å²) in [4.78, 5) is 43.5. The number of ether oxygens (including phenoxy) is 1. The molecule has 230 valence electrons. The number of aromatic hydroxyl groups is 1. The second-order valence-corrected chi connectivity index (χ2v) is 13.6. The van der Waals surface area contributed by atoms with Crippen LogP contribution in [-0.2, 0) is 20.7 Å². The van der Waals surface area contributed by atoms with E-state index in [9.17, 15) is 19.5 Å². The fraction of sp³-hybridized carbons (Fsp3) is 0.559. The van der Waals surface area contributed by atoms with E-state index in [1.54, 1.807) is 49.9 Å². The van der Waals surface area contributed by atoms with Crippen LogP contribution in [0.1, 0.15) is 102 Å². The molecule has 8 heteroatoms. The summed E-state index contributed by atoms with van der Waals surface area (Å²) in [6.45, 7) is 14.9. The van der Waals surface area contributed by atoms with Crippen LogP contribution in [0.4, 0.5) is 4.79 Å². The molecule has 0 aliphatic heterocycles. The molecule has 1 fully saturated rings. The number of benzene rings is 2. The van der Waals surface area contributed by atoms with Gasteiger partial charge in [-0.2, -0.15) is 0 Å². The Morgan fingerprint density at radius 1 is 0.952 bits per heavy atom. The zero-order valence-electron chi connectivity index (χ0n) is 26.5. The molecule has 2 unspecified atom stereocenters. The summed E-state index contributed by atoms with van der Waals surface area (Å²) in [5, 5.41) is 15.9. The zero-order chi connectivity index (χ0) is 31.2. The normalized spacial score (nSPS) is 15.8. The lowest BCUT2D eigenvalue weighted by molar-refractivity contribution is -0.148. The second-order valence-electron chi connectivity index (χ2n) is 13.6. The quantitative estimate of drug-likeness (QED) is 0.342. The van der Waals surface area contributed by atoms with E-state index < -0.39 is 35.2 Å². The number of nitrogens with one attached hydrogen (secondary N) is 2. The molecular weight excluding hydrogens is 530 g/mol. The van der Waals surface area contributed by atoms with Crippen molar-refractivity contribution in [2.75, 3.05) is 0 Å². The molecule has 3 amide bonds. The molecule has 8 nitrogen and oxygen atoms in total. The third-order valence-electron chi connectivity index (χ3n) is 7.50. The van der Waals surface area contributed by atoms with E-state index in [-0.39, 0.29) is 24.1 Å². The van der Waals surface area contributed by atoms with Gasteiger partial charge in [0, 0.05) is 18.0 Å². The SMILES string of the molecule is Cc1ccc(C(C(=O)NC2CCCCC2)N(C(=O)C(Cc2ccc(O)cc2)NC(=O)OC(C)(C)C)C(C)(C)C)c(C)c1. The molecule has 2 aromatic rings. The molecule has 3 N–H and O–H groups in total. The first-order valence-corrected chi connectivity index (χ1v) is 15.0. The molecule has 0 aromatic heterocycles. The third kappa shape index (κ3) is 9.23. The van der Waals surface area contributed by atoms with Crippen LogP contribution in [0, 0.1) is 13.8 Å². The van der Waals surface area contributed by atoms with Crippen LogP contribution in [0.2, 0.25) is 0 Å². The Bertz CT molecular complexity index is 1240. The highest BCUT2D eigenvalue weighted by atomic mass is 16.6. The lowest BCUT2D eigenvalue weighted by Crippen LogP contribution is -2.59. The van der Waals surface area contributed by atoms with Gasteiger partial charge in [-0.25, -0.2) is 4.79 Å². The average Bonchev–Trinajstić information content (AvgIpc) is 2.87. The summed E-state index contributed by atoms with van der Waals surface area (Å²) in [7, 11) is 0. The van der Waals surface area contributed by atoms with Crippen molar-refractivity contribution in [3.63, 3.8) is 0 Å². The van der Waals surface area contributed by atoms with Crippen LogP contribution in [0.25, 0.3) is 0 Å². The predicted molar refractivity (Wildman–Crippen MR) is 165 cm³/mol. The maximum Gasteiger partial charge on any atom is 0.408 e. The molecule has 0 heterocycles. The Balaban J connectivity index is 2.09. The van der Waals surface area contributed by atoms with Crippen LogP contribution in [-0.4, -0.2) is 51.1 Å². The molecule has 0 radical (unpaired) electrons. The van der Waals surface area contributed by atoms with Crippen LogP contribution in [0.15, 0.2) is 42.5 Å². The first kappa shape index (κ1) is 33.0. The largest absolute Gasteiger partial charge is 0.508 e. The second kappa shape index (κ2) is 13.6. The Morgan fingerprint density at radius 2 is 1.57 bits per heavy atom. The van der Waals surface area contributed by atoms with Gasteiger partial charge >= 0.3 is 6.09 Å². The summed E-state index contributed by atoms with van der Waals surface area (Å²) < 4.78 is 5.53. The molecule has 42 heavy (non-hydrogen) atoms. The van der Waals surface area contributed by atoms with Crippen LogP contribution >= 0.6 is 0 Å². The van der Waals surface area contributed by atoms with E-state index in [2.05, 4.69) is 10.6 Å². The first-order valence-electron chi connectivity index (χ1n) is 15.0. The van der Waals surface area contributed by atoms with Gasteiger partial charge in [0.1, 0.15) is 23.4 Å². The van der Waals surface area contributed by atoms with Crippen LogP contribution in [0.3, 0.4) is 0 Å². The number of carbonyl (C=O) groups excluding carboxylic acids is 3. The maximum absolute atomic E-state index is 14.7. The van der Waals surface area contributed by atoms with Gasteiger partial charge in [0.25, 0.3) is 0 Å². The Kier molecular flexibility index (Phi) is 10.7. The lowest BCUT2D eigenvalue weighted by Gasteiger charge is -2.44. The lowest BCUT2D eigenvalue weighted by atomic mass is 9.90. The number of hydrogen-bond acceptors (Lipinski definition) is 5. The molecule has 0 spiro atoms. The fourth-order valence-corrected chi connectivity index (χ4v) is 5.59. The van der Waals surface area contributed by atoms with E-state index in [0.29, 0.717) is 0 Å². The van der Waals surface area contributed by atoms with Gasteiger partial charge in [0.15, 0.2) is 0 Å². The summed E-state index contributed by atoms with van der Waals surface area (Å²) in [6.07, 6.45) is 4.55. The number of amides is 3. The van der Waals surface area contributed by atoms with Crippen molar-refractivity contribution in [1.82, 2.24) is 15.5 Å². The van der Waals surface area contributed by atoms with Gasteiger partial charge in [-0.15, -0.1) is 0 Å². The maximum atomic E-state index is 14.7. The molecule has 1 aliphatic carbocycles. The number of alkyl carbamates (subject to hydrolysis) is 1. The number of aryl methyl sites for hydroxylation is 2. The van der Waals surface area contributed by atoms with E-state index in [1.807, 2.05) is 52.8 Å². The fourth-order valence-electron chi connectivity index (χ4n) is 5.59. The van der Waals surface area contributed by atoms with Crippen LogP contribution < -0.4 is 10.6 Å². The minimum atomic E-state index is -1.03. The Morgan fingerprint density at radius 3 is 2.12 bits per heavy atom. The van der Waals surface area contributed by atoms with E-state index in [0.717, 1.165) is 54.4 Å². The van der Waals surface area contributed by atoms with E-state index in [1.165, 1.54) is 0 Å². The van der Waals surface area contributed by atoms with Gasteiger partial charge < -0.3 is 25.4 Å². The number of rotatable bonds is 8. The first-order chi connectivity index (χ1) is 19.5. The molecular formula is C34H49N3O5. The van der Waals surface area contributed by atoms with Crippen LogP contribution in [0.5, 0.6) is 5.75 Å². The van der Waals surface area contributed by atoms with Crippen molar-refractivity contribution >= 4 is 17.9 Å². The third-order valence-corrected chi connectivity index (χ3v) is 7.50. The monoisotopic (exact) mass is 579 g/mol. The molecule has 2 atom stereocenters. The minimum absolute atomic E-state index is 0.0594.